The first-order chi connectivity index (χ1) is 9.74. The summed E-state index contributed by atoms with van der Waals surface area (Å²) >= 11 is 7.58. The van der Waals surface area contributed by atoms with E-state index in [1.54, 1.807) is 18.4 Å². The monoisotopic (exact) mass is 310 g/mol. The predicted octanol–water partition coefficient (Wildman–Crippen LogP) is 3.78. The number of halogens is 1. The number of thioether (sulfide) groups is 1. The first-order valence-electron chi connectivity index (χ1n) is 5.96. The van der Waals surface area contributed by atoms with E-state index in [-0.39, 0.29) is 12.6 Å². The van der Waals surface area contributed by atoms with Crippen molar-refractivity contribution < 1.29 is 18.7 Å². The number of benzene rings is 1. The first-order valence-corrected chi connectivity index (χ1v) is 7.50. The van der Waals surface area contributed by atoms with Crippen LogP contribution in [-0.2, 0) is 5.75 Å². The Morgan fingerprint density at radius 3 is 2.85 bits per heavy atom. The molecule has 6 heteroatoms. The molecule has 0 radical (unpaired) electrons. The molecule has 0 N–H and O–H groups in total. The van der Waals surface area contributed by atoms with Gasteiger partial charge in [0.2, 0.25) is 6.79 Å². The Labute approximate surface area is 125 Å². The van der Waals surface area contributed by atoms with Crippen molar-refractivity contribution in [2.24, 2.45) is 0 Å². The molecule has 1 aliphatic heterocycles. The normalized spacial score (nSPS) is 12.7. The Morgan fingerprint density at radius 2 is 2.10 bits per heavy atom. The van der Waals surface area contributed by atoms with Gasteiger partial charge in [-0.1, -0.05) is 11.6 Å². The number of carbonyl (C=O) groups is 1. The van der Waals surface area contributed by atoms with Crippen molar-refractivity contribution in [1.82, 2.24) is 0 Å². The van der Waals surface area contributed by atoms with Crippen molar-refractivity contribution in [3.63, 3.8) is 0 Å². The molecule has 0 amide bonds. The largest absolute Gasteiger partial charge is 0.468 e. The third-order valence-electron chi connectivity index (χ3n) is 2.82. The van der Waals surface area contributed by atoms with Crippen molar-refractivity contribution in [2.45, 2.75) is 5.75 Å². The number of ether oxygens (including phenoxy) is 2. The van der Waals surface area contributed by atoms with Crippen molar-refractivity contribution in [1.29, 1.82) is 0 Å². The molecule has 0 spiro atoms. The van der Waals surface area contributed by atoms with Crippen LogP contribution in [0.25, 0.3) is 0 Å². The van der Waals surface area contributed by atoms with Crippen LogP contribution in [0, 0.1) is 0 Å². The smallest absolute Gasteiger partial charge is 0.231 e. The molecule has 0 aliphatic carbocycles. The van der Waals surface area contributed by atoms with Gasteiger partial charge in [0, 0.05) is 11.6 Å². The molecule has 3 rings (SSSR count). The third-order valence-corrected chi connectivity index (χ3v) is 4.09. The fourth-order valence-corrected chi connectivity index (χ4v) is 2.92. The maximum atomic E-state index is 12.2. The summed E-state index contributed by atoms with van der Waals surface area (Å²) in [6, 6.07) is 6.96. The zero-order valence-corrected chi connectivity index (χ0v) is 12.0. The van der Waals surface area contributed by atoms with Crippen LogP contribution >= 0.6 is 23.4 Å². The van der Waals surface area contributed by atoms with Gasteiger partial charge < -0.3 is 13.9 Å². The number of rotatable bonds is 5. The zero-order valence-electron chi connectivity index (χ0n) is 10.4. The van der Waals surface area contributed by atoms with Crippen LogP contribution < -0.4 is 9.47 Å². The van der Waals surface area contributed by atoms with Crippen LogP contribution in [0.5, 0.6) is 11.5 Å². The molecule has 0 fully saturated rings. The van der Waals surface area contributed by atoms with Gasteiger partial charge in [-0.25, -0.2) is 0 Å². The van der Waals surface area contributed by atoms with Crippen LogP contribution in [-0.4, -0.2) is 18.3 Å². The summed E-state index contributed by atoms with van der Waals surface area (Å²) in [7, 11) is 0. The molecule has 1 aromatic heterocycles. The summed E-state index contributed by atoms with van der Waals surface area (Å²) in [5.41, 5.74) is 0.461. The Hall–Kier alpha value is -1.59. The SMILES string of the molecule is O=C(CSCc1ccco1)c1cc2c(cc1Cl)OCO2. The molecule has 0 atom stereocenters. The van der Waals surface area contributed by atoms with Gasteiger partial charge in [-0.2, -0.15) is 0 Å². The average Bonchev–Trinajstić information content (AvgIpc) is 3.08. The molecule has 1 aromatic carbocycles. The van der Waals surface area contributed by atoms with Crippen LogP contribution in [0.1, 0.15) is 16.1 Å². The zero-order chi connectivity index (χ0) is 13.9. The second kappa shape index (κ2) is 5.81. The van der Waals surface area contributed by atoms with E-state index in [9.17, 15) is 4.79 Å². The minimum atomic E-state index is -0.0372. The van der Waals surface area contributed by atoms with Crippen LogP contribution in [0.3, 0.4) is 0 Å². The topological polar surface area (TPSA) is 48.7 Å². The molecule has 0 saturated heterocycles. The van der Waals surface area contributed by atoms with E-state index in [4.69, 9.17) is 25.5 Å². The summed E-state index contributed by atoms with van der Waals surface area (Å²) in [5.74, 6) is 2.94. The van der Waals surface area contributed by atoms with Gasteiger partial charge in [0.15, 0.2) is 17.3 Å². The molecule has 4 nitrogen and oxygen atoms in total. The highest BCUT2D eigenvalue weighted by molar-refractivity contribution is 7.99. The Morgan fingerprint density at radius 1 is 1.30 bits per heavy atom. The highest BCUT2D eigenvalue weighted by Crippen LogP contribution is 2.37. The molecule has 104 valence electrons. The maximum absolute atomic E-state index is 12.2. The van der Waals surface area contributed by atoms with Crippen LogP contribution in [0.4, 0.5) is 0 Å². The lowest BCUT2D eigenvalue weighted by atomic mass is 10.1. The van der Waals surface area contributed by atoms with E-state index >= 15 is 0 Å². The lowest BCUT2D eigenvalue weighted by Gasteiger charge is -2.05. The molecule has 0 unspecified atom stereocenters. The molecule has 1 aliphatic rings. The first kappa shape index (κ1) is 13.4. The summed E-state index contributed by atoms with van der Waals surface area (Å²) in [5, 5.41) is 0.387. The van der Waals surface area contributed by atoms with Crippen molar-refractivity contribution >= 4 is 29.1 Å². The van der Waals surface area contributed by atoms with Crippen LogP contribution in [0.2, 0.25) is 5.02 Å². The number of hydrogen-bond acceptors (Lipinski definition) is 5. The van der Waals surface area contributed by atoms with Gasteiger partial charge in [-0.15, -0.1) is 11.8 Å². The second-order valence-corrected chi connectivity index (χ2v) is 5.57. The Balaban J connectivity index is 1.65. The van der Waals surface area contributed by atoms with E-state index in [0.717, 1.165) is 5.76 Å². The summed E-state index contributed by atoms with van der Waals surface area (Å²) in [6.45, 7) is 0.163. The summed E-state index contributed by atoms with van der Waals surface area (Å²) in [4.78, 5) is 12.2. The summed E-state index contributed by atoms with van der Waals surface area (Å²) in [6.07, 6.45) is 1.62. The minimum Gasteiger partial charge on any atom is -0.468 e. The number of ketones is 1. The Bertz CT molecular complexity index is 624. The van der Waals surface area contributed by atoms with Crippen molar-refractivity contribution in [3.05, 3.63) is 46.9 Å². The predicted molar refractivity (Wildman–Crippen MR) is 76.8 cm³/mol. The molecule has 0 saturated carbocycles. The van der Waals surface area contributed by atoms with E-state index in [1.165, 1.54) is 11.8 Å². The summed E-state index contributed by atoms with van der Waals surface area (Å²) < 4.78 is 15.7. The molecular weight excluding hydrogens is 300 g/mol. The van der Waals surface area contributed by atoms with E-state index < -0.39 is 0 Å². The molecular formula is C14H11ClO4S. The van der Waals surface area contributed by atoms with E-state index in [0.29, 0.717) is 33.6 Å². The lowest BCUT2D eigenvalue weighted by molar-refractivity contribution is 0.102. The van der Waals surface area contributed by atoms with Gasteiger partial charge in [0.25, 0.3) is 0 Å². The number of furan rings is 1. The maximum Gasteiger partial charge on any atom is 0.231 e. The molecule has 20 heavy (non-hydrogen) atoms. The highest BCUT2D eigenvalue weighted by Gasteiger charge is 2.20. The van der Waals surface area contributed by atoms with Gasteiger partial charge >= 0.3 is 0 Å². The van der Waals surface area contributed by atoms with Crippen molar-refractivity contribution in [3.8, 4) is 11.5 Å². The minimum absolute atomic E-state index is 0.0372. The van der Waals surface area contributed by atoms with Gasteiger partial charge in [0.1, 0.15) is 5.76 Å². The number of hydrogen-bond donors (Lipinski definition) is 0. The number of Topliss-reactive ketones (excluding diaryl/α,β-unsaturated/α-hetero) is 1. The van der Waals surface area contributed by atoms with Gasteiger partial charge in [-0.05, 0) is 18.2 Å². The van der Waals surface area contributed by atoms with E-state index in [1.807, 2.05) is 12.1 Å². The number of fused-ring (bicyclic) bond motifs is 1. The standard InChI is InChI=1S/C14H11ClO4S/c15-11-5-14-13(18-8-19-14)4-10(11)12(16)7-20-6-9-2-1-3-17-9/h1-5H,6-8H2. The molecule has 0 bridgehead atoms. The molecule has 2 heterocycles. The second-order valence-electron chi connectivity index (χ2n) is 4.18. The molecule has 2 aromatic rings. The lowest BCUT2D eigenvalue weighted by Crippen LogP contribution is -2.03. The highest BCUT2D eigenvalue weighted by atomic mass is 35.5. The average molecular weight is 311 g/mol. The van der Waals surface area contributed by atoms with Crippen LogP contribution in [0.15, 0.2) is 34.9 Å². The number of carbonyl (C=O) groups excluding carboxylic acids is 1. The Kier molecular flexibility index (Phi) is 3.89. The van der Waals surface area contributed by atoms with Gasteiger partial charge in [0.05, 0.1) is 22.8 Å². The third kappa shape index (κ3) is 2.78. The van der Waals surface area contributed by atoms with Crippen molar-refractivity contribution in [2.75, 3.05) is 12.5 Å². The quantitative estimate of drug-likeness (QED) is 0.787. The fraction of sp³-hybridized carbons (Fsp3) is 0.214. The van der Waals surface area contributed by atoms with Gasteiger partial charge in [-0.3, -0.25) is 4.79 Å². The van der Waals surface area contributed by atoms with E-state index in [2.05, 4.69) is 0 Å². The fourth-order valence-electron chi connectivity index (χ4n) is 1.85.